The molecule has 0 aliphatic heterocycles. The SMILES string of the molecule is [CH2]c1c(F)cccc1S(C)(=O)=O. The van der Waals surface area contributed by atoms with Crippen LogP contribution in [0.5, 0.6) is 0 Å². The van der Waals surface area contributed by atoms with E-state index in [2.05, 4.69) is 6.92 Å². The van der Waals surface area contributed by atoms with Gasteiger partial charge in [-0.05, 0) is 19.1 Å². The smallest absolute Gasteiger partial charge is 0.175 e. The van der Waals surface area contributed by atoms with E-state index >= 15 is 0 Å². The molecule has 0 aromatic heterocycles. The molecule has 0 bridgehead atoms. The average molecular weight is 187 g/mol. The third-order valence-electron chi connectivity index (χ3n) is 1.48. The lowest BCUT2D eigenvalue weighted by atomic mass is 10.2. The van der Waals surface area contributed by atoms with Gasteiger partial charge in [-0.15, -0.1) is 0 Å². The first-order valence-electron chi connectivity index (χ1n) is 3.23. The Kier molecular flexibility index (Phi) is 2.19. The predicted octanol–water partition coefficient (Wildman–Crippen LogP) is 1.41. The molecule has 1 rings (SSSR count). The van der Waals surface area contributed by atoms with Gasteiger partial charge < -0.3 is 0 Å². The quantitative estimate of drug-likeness (QED) is 0.666. The maximum Gasteiger partial charge on any atom is 0.175 e. The number of halogens is 1. The summed E-state index contributed by atoms with van der Waals surface area (Å²) in [7, 11) is -3.36. The first kappa shape index (κ1) is 9.19. The minimum atomic E-state index is -3.36. The Balaban J connectivity index is 3.47. The molecule has 0 N–H and O–H groups in total. The van der Waals surface area contributed by atoms with E-state index < -0.39 is 15.7 Å². The third-order valence-corrected chi connectivity index (χ3v) is 2.66. The number of rotatable bonds is 1. The topological polar surface area (TPSA) is 34.1 Å². The van der Waals surface area contributed by atoms with Gasteiger partial charge >= 0.3 is 0 Å². The predicted molar refractivity (Wildman–Crippen MR) is 44.0 cm³/mol. The van der Waals surface area contributed by atoms with Gasteiger partial charge in [0, 0.05) is 11.8 Å². The molecule has 0 spiro atoms. The molecule has 12 heavy (non-hydrogen) atoms. The van der Waals surface area contributed by atoms with Crippen LogP contribution in [0.1, 0.15) is 5.56 Å². The van der Waals surface area contributed by atoms with Crippen molar-refractivity contribution in [1.29, 1.82) is 0 Å². The molecule has 1 radical (unpaired) electrons. The molecule has 1 aromatic carbocycles. The van der Waals surface area contributed by atoms with Crippen LogP contribution in [0.25, 0.3) is 0 Å². The average Bonchev–Trinajstić information content (AvgIpc) is 1.92. The molecule has 0 fully saturated rings. The second-order valence-electron chi connectivity index (χ2n) is 2.49. The molecule has 2 nitrogen and oxygen atoms in total. The zero-order valence-corrected chi connectivity index (χ0v) is 7.36. The summed E-state index contributed by atoms with van der Waals surface area (Å²) >= 11 is 0. The van der Waals surface area contributed by atoms with Crippen molar-refractivity contribution in [3.8, 4) is 0 Å². The lowest BCUT2D eigenvalue weighted by Gasteiger charge is -2.02. The highest BCUT2D eigenvalue weighted by molar-refractivity contribution is 7.90. The Hall–Kier alpha value is -0.900. The van der Waals surface area contributed by atoms with E-state index in [-0.39, 0.29) is 10.5 Å². The monoisotopic (exact) mass is 187 g/mol. The van der Waals surface area contributed by atoms with Gasteiger partial charge in [0.05, 0.1) is 4.90 Å². The maximum atomic E-state index is 12.8. The van der Waals surface area contributed by atoms with E-state index in [1.165, 1.54) is 18.2 Å². The standard InChI is InChI=1S/C8H8FO2S/c1-6-7(9)4-3-5-8(6)12(2,10)11/h3-5H,1H2,2H3. The van der Waals surface area contributed by atoms with Crippen LogP contribution < -0.4 is 0 Å². The molecule has 0 unspecified atom stereocenters. The van der Waals surface area contributed by atoms with Gasteiger partial charge in [-0.3, -0.25) is 0 Å². The van der Waals surface area contributed by atoms with E-state index in [1.54, 1.807) is 0 Å². The molecule has 65 valence electrons. The molecular formula is C8H8FO2S. The fourth-order valence-corrected chi connectivity index (χ4v) is 1.76. The molecule has 0 saturated heterocycles. The van der Waals surface area contributed by atoms with Crippen LogP contribution in [0.2, 0.25) is 0 Å². The van der Waals surface area contributed by atoms with Crippen molar-refractivity contribution in [3.05, 3.63) is 36.5 Å². The van der Waals surface area contributed by atoms with Gasteiger partial charge in [-0.1, -0.05) is 6.07 Å². The zero-order chi connectivity index (χ0) is 9.35. The van der Waals surface area contributed by atoms with Crippen molar-refractivity contribution >= 4 is 9.84 Å². The van der Waals surface area contributed by atoms with Crippen molar-refractivity contribution in [2.75, 3.05) is 6.26 Å². The van der Waals surface area contributed by atoms with E-state index in [0.29, 0.717) is 0 Å². The van der Waals surface area contributed by atoms with Crippen LogP contribution in [0.4, 0.5) is 4.39 Å². The Morgan fingerprint density at radius 1 is 1.42 bits per heavy atom. The first-order valence-corrected chi connectivity index (χ1v) is 5.12. The van der Waals surface area contributed by atoms with Gasteiger partial charge in [-0.2, -0.15) is 0 Å². The normalized spacial score (nSPS) is 11.6. The minimum absolute atomic E-state index is 0.0532. The van der Waals surface area contributed by atoms with Crippen LogP contribution in [-0.4, -0.2) is 14.7 Å². The number of hydrogen-bond donors (Lipinski definition) is 0. The van der Waals surface area contributed by atoms with Gasteiger partial charge in [0.1, 0.15) is 5.82 Å². The molecule has 0 amide bonds. The second-order valence-corrected chi connectivity index (χ2v) is 4.47. The number of benzene rings is 1. The van der Waals surface area contributed by atoms with E-state index in [4.69, 9.17) is 0 Å². The summed E-state index contributed by atoms with van der Waals surface area (Å²) in [5, 5.41) is 0. The lowest BCUT2D eigenvalue weighted by molar-refractivity contribution is 0.593. The van der Waals surface area contributed by atoms with Crippen molar-refractivity contribution in [2.24, 2.45) is 0 Å². The highest BCUT2D eigenvalue weighted by atomic mass is 32.2. The van der Waals surface area contributed by atoms with Crippen LogP contribution >= 0.6 is 0 Å². The van der Waals surface area contributed by atoms with E-state index in [0.717, 1.165) is 6.26 Å². The van der Waals surface area contributed by atoms with E-state index in [1.807, 2.05) is 0 Å². The van der Waals surface area contributed by atoms with Gasteiger partial charge in [-0.25, -0.2) is 12.8 Å². The van der Waals surface area contributed by atoms with Gasteiger partial charge in [0.15, 0.2) is 9.84 Å². The molecule has 0 aliphatic rings. The van der Waals surface area contributed by atoms with Crippen molar-refractivity contribution in [3.63, 3.8) is 0 Å². The summed E-state index contributed by atoms with van der Waals surface area (Å²) in [5.74, 6) is -0.599. The summed E-state index contributed by atoms with van der Waals surface area (Å²) in [6, 6.07) is 3.86. The highest BCUT2D eigenvalue weighted by Gasteiger charge is 2.12. The summed E-state index contributed by atoms with van der Waals surface area (Å²) in [6.45, 7) is 3.33. The summed E-state index contributed by atoms with van der Waals surface area (Å²) < 4.78 is 34.8. The molecule has 0 aliphatic carbocycles. The van der Waals surface area contributed by atoms with Gasteiger partial charge in [0.25, 0.3) is 0 Å². The lowest BCUT2D eigenvalue weighted by Crippen LogP contribution is -2.01. The number of hydrogen-bond acceptors (Lipinski definition) is 2. The Morgan fingerprint density at radius 3 is 2.42 bits per heavy atom. The maximum absolute atomic E-state index is 12.8. The van der Waals surface area contributed by atoms with Crippen LogP contribution in [0.15, 0.2) is 23.1 Å². The highest BCUT2D eigenvalue weighted by Crippen LogP contribution is 2.16. The molecule has 0 saturated carbocycles. The second kappa shape index (κ2) is 2.86. The fourth-order valence-electron chi connectivity index (χ4n) is 0.886. The third kappa shape index (κ3) is 1.64. The van der Waals surface area contributed by atoms with Crippen LogP contribution in [0, 0.1) is 12.7 Å². The van der Waals surface area contributed by atoms with Crippen molar-refractivity contribution in [1.82, 2.24) is 0 Å². The van der Waals surface area contributed by atoms with Gasteiger partial charge in [0.2, 0.25) is 0 Å². The summed E-state index contributed by atoms with van der Waals surface area (Å²) in [5.41, 5.74) is -0.0694. The summed E-state index contributed by atoms with van der Waals surface area (Å²) in [4.78, 5) is -0.0532. The van der Waals surface area contributed by atoms with Crippen molar-refractivity contribution in [2.45, 2.75) is 4.90 Å². The molecule has 0 heterocycles. The molecule has 1 aromatic rings. The summed E-state index contributed by atoms with van der Waals surface area (Å²) in [6.07, 6.45) is 1.02. The zero-order valence-electron chi connectivity index (χ0n) is 6.54. The Labute approximate surface area is 71.0 Å². The van der Waals surface area contributed by atoms with Crippen molar-refractivity contribution < 1.29 is 12.8 Å². The molecule has 4 heteroatoms. The van der Waals surface area contributed by atoms with E-state index in [9.17, 15) is 12.8 Å². The van der Waals surface area contributed by atoms with Crippen LogP contribution in [-0.2, 0) is 9.84 Å². The molecule has 0 atom stereocenters. The van der Waals surface area contributed by atoms with Crippen LogP contribution in [0.3, 0.4) is 0 Å². The molecular weight excluding hydrogens is 179 g/mol. The Bertz CT molecular complexity index is 396. The fraction of sp³-hybridized carbons (Fsp3) is 0.125. The number of sulfone groups is 1. The Morgan fingerprint density at radius 2 is 2.00 bits per heavy atom. The largest absolute Gasteiger partial charge is 0.224 e. The first-order chi connectivity index (χ1) is 5.43. The minimum Gasteiger partial charge on any atom is -0.224 e.